The number of hydrogen-bond acceptors (Lipinski definition) is 6. The molecule has 1 aliphatic rings. The van der Waals surface area contributed by atoms with Crippen molar-refractivity contribution in [3.63, 3.8) is 0 Å². The summed E-state index contributed by atoms with van der Waals surface area (Å²) in [6, 6.07) is 11.3. The number of aryl methyl sites for hydroxylation is 1. The minimum atomic E-state index is -4.47. The van der Waals surface area contributed by atoms with Crippen LogP contribution in [0.3, 0.4) is 0 Å². The Morgan fingerprint density at radius 1 is 1.15 bits per heavy atom. The lowest BCUT2D eigenvalue weighted by molar-refractivity contribution is -0.153. The molecule has 182 valence electrons. The molecular formula is C21H21F4N5O3S. The number of halogens is 4. The molecule has 8 nitrogen and oxygen atoms in total. The van der Waals surface area contributed by atoms with E-state index in [9.17, 15) is 26.0 Å². The van der Waals surface area contributed by atoms with Crippen molar-refractivity contribution in [3.8, 4) is 5.75 Å². The second-order valence-electron chi connectivity index (χ2n) is 7.89. The number of nitrogens with one attached hydrogen (secondary N) is 1. The van der Waals surface area contributed by atoms with Crippen LogP contribution in [0.15, 0.2) is 59.8 Å². The maximum absolute atomic E-state index is 13.5. The van der Waals surface area contributed by atoms with Crippen LogP contribution in [-0.2, 0) is 17.1 Å². The van der Waals surface area contributed by atoms with E-state index < -0.39 is 34.7 Å². The molecule has 0 bridgehead atoms. The number of alkyl halides is 3. The highest BCUT2D eigenvalue weighted by molar-refractivity contribution is 7.89. The van der Waals surface area contributed by atoms with E-state index in [1.54, 1.807) is 25.2 Å². The lowest BCUT2D eigenvalue weighted by atomic mass is 9.94. The zero-order valence-corrected chi connectivity index (χ0v) is 18.7. The number of aromatic nitrogens is 3. The Kier molecular flexibility index (Phi) is 6.49. The van der Waals surface area contributed by atoms with E-state index in [0.717, 1.165) is 0 Å². The summed E-state index contributed by atoms with van der Waals surface area (Å²) in [4.78, 5) is 0. The van der Waals surface area contributed by atoms with E-state index in [0.29, 0.717) is 11.3 Å². The van der Waals surface area contributed by atoms with E-state index in [4.69, 9.17) is 4.74 Å². The first-order chi connectivity index (χ1) is 16.0. The molecule has 0 amide bonds. The Balaban J connectivity index is 1.59. The third-order valence-corrected chi connectivity index (χ3v) is 7.05. The molecule has 1 aliphatic heterocycles. The summed E-state index contributed by atoms with van der Waals surface area (Å²) < 4.78 is 84.5. The molecule has 0 saturated carbocycles. The van der Waals surface area contributed by atoms with Crippen molar-refractivity contribution in [1.29, 1.82) is 0 Å². The molecule has 1 fully saturated rings. The van der Waals surface area contributed by atoms with Gasteiger partial charge in [0.05, 0.1) is 6.20 Å². The van der Waals surface area contributed by atoms with Gasteiger partial charge in [0.2, 0.25) is 5.03 Å². The number of benzene rings is 2. The van der Waals surface area contributed by atoms with E-state index in [-0.39, 0.29) is 29.8 Å². The number of ether oxygens (including phenoxy) is 1. The molecule has 34 heavy (non-hydrogen) atoms. The van der Waals surface area contributed by atoms with Crippen LogP contribution in [0.25, 0.3) is 0 Å². The SMILES string of the molecule is Cn1cc(S(=O)(=O)N2CC(Nc3cccc(OCC(F)(F)F)c3)C(c3ccc(F)cc3)C2)nn1. The molecule has 2 heterocycles. The van der Waals surface area contributed by atoms with Crippen molar-refractivity contribution in [2.45, 2.75) is 23.2 Å². The zero-order chi connectivity index (χ0) is 24.5. The van der Waals surface area contributed by atoms with Crippen molar-refractivity contribution >= 4 is 15.7 Å². The molecule has 1 N–H and O–H groups in total. The average Bonchev–Trinajstić information content (AvgIpc) is 3.40. The van der Waals surface area contributed by atoms with E-state index in [1.807, 2.05) is 0 Å². The minimum Gasteiger partial charge on any atom is -0.484 e. The molecule has 0 aliphatic carbocycles. The van der Waals surface area contributed by atoms with Crippen molar-refractivity contribution in [2.24, 2.45) is 7.05 Å². The van der Waals surface area contributed by atoms with Crippen molar-refractivity contribution in [1.82, 2.24) is 19.3 Å². The van der Waals surface area contributed by atoms with Gasteiger partial charge in [-0.1, -0.05) is 23.4 Å². The number of rotatable bonds is 7. The van der Waals surface area contributed by atoms with Crippen LogP contribution in [0.1, 0.15) is 11.5 Å². The van der Waals surface area contributed by atoms with Gasteiger partial charge in [-0.25, -0.2) is 12.8 Å². The first kappa shape index (κ1) is 24.0. The van der Waals surface area contributed by atoms with Gasteiger partial charge in [0, 0.05) is 43.9 Å². The molecule has 13 heteroatoms. The lowest BCUT2D eigenvalue weighted by Crippen LogP contribution is -2.32. The van der Waals surface area contributed by atoms with Gasteiger partial charge in [-0.3, -0.25) is 4.68 Å². The average molecular weight is 499 g/mol. The van der Waals surface area contributed by atoms with Gasteiger partial charge in [-0.2, -0.15) is 17.5 Å². The summed E-state index contributed by atoms with van der Waals surface area (Å²) in [5.74, 6) is -0.778. The first-order valence-corrected chi connectivity index (χ1v) is 11.6. The fraction of sp³-hybridized carbons (Fsp3) is 0.333. The monoisotopic (exact) mass is 499 g/mol. The number of anilines is 1. The summed E-state index contributed by atoms with van der Waals surface area (Å²) in [6.07, 6.45) is -3.18. The predicted molar refractivity (Wildman–Crippen MR) is 114 cm³/mol. The summed E-state index contributed by atoms with van der Waals surface area (Å²) >= 11 is 0. The molecule has 1 aromatic heterocycles. The minimum absolute atomic E-state index is 0.0164. The standard InChI is InChI=1S/C21H21F4N5O3S/c1-29-12-20(27-28-29)34(31,32)30-10-18(14-5-7-15(22)8-6-14)19(11-30)26-16-3-2-4-17(9-16)33-13-21(23,24)25/h2-9,12,18-19,26H,10-11,13H2,1H3. The van der Waals surface area contributed by atoms with Crippen LogP contribution < -0.4 is 10.1 Å². The second-order valence-corrected chi connectivity index (χ2v) is 9.78. The third kappa shape index (κ3) is 5.47. The molecule has 1 saturated heterocycles. The van der Waals surface area contributed by atoms with Crippen LogP contribution in [0, 0.1) is 5.82 Å². The van der Waals surface area contributed by atoms with Gasteiger partial charge < -0.3 is 10.1 Å². The summed E-state index contributed by atoms with van der Waals surface area (Å²) in [5, 5.41) is 10.4. The number of sulfonamides is 1. The second kappa shape index (κ2) is 9.22. The Bertz CT molecular complexity index is 1250. The maximum atomic E-state index is 13.5. The van der Waals surface area contributed by atoms with Crippen LogP contribution in [0.5, 0.6) is 5.75 Å². The van der Waals surface area contributed by atoms with Gasteiger partial charge in [-0.15, -0.1) is 5.10 Å². The quantitative estimate of drug-likeness (QED) is 0.503. The maximum Gasteiger partial charge on any atom is 0.422 e. The van der Waals surface area contributed by atoms with Crippen LogP contribution in [-0.4, -0.2) is 59.6 Å². The Hall–Kier alpha value is -3.19. The van der Waals surface area contributed by atoms with Crippen molar-refractivity contribution < 1.29 is 30.7 Å². The van der Waals surface area contributed by atoms with E-state index in [2.05, 4.69) is 15.6 Å². The normalized spacial score (nSPS) is 19.3. The number of hydrogen-bond donors (Lipinski definition) is 1. The van der Waals surface area contributed by atoms with E-state index >= 15 is 0 Å². The highest BCUT2D eigenvalue weighted by Crippen LogP contribution is 2.34. The molecule has 3 aromatic rings. The van der Waals surface area contributed by atoms with Gasteiger partial charge in [0.1, 0.15) is 11.6 Å². The third-order valence-electron chi connectivity index (χ3n) is 5.36. The summed E-state index contributed by atoms with van der Waals surface area (Å²) in [7, 11) is -2.40. The fourth-order valence-electron chi connectivity index (χ4n) is 3.79. The van der Waals surface area contributed by atoms with Crippen molar-refractivity contribution in [3.05, 3.63) is 66.1 Å². The fourth-order valence-corrected chi connectivity index (χ4v) is 5.19. The highest BCUT2D eigenvalue weighted by atomic mass is 32.2. The van der Waals surface area contributed by atoms with Crippen molar-refractivity contribution in [2.75, 3.05) is 25.0 Å². The van der Waals surface area contributed by atoms with Gasteiger partial charge in [0.25, 0.3) is 10.0 Å². The van der Waals surface area contributed by atoms with Gasteiger partial charge in [-0.05, 0) is 29.8 Å². The Morgan fingerprint density at radius 2 is 1.88 bits per heavy atom. The number of nitrogens with zero attached hydrogens (tertiary/aromatic N) is 4. The highest BCUT2D eigenvalue weighted by Gasteiger charge is 2.41. The Labute approximate surface area is 193 Å². The molecule has 0 radical (unpaired) electrons. The van der Waals surface area contributed by atoms with Gasteiger partial charge in [0.15, 0.2) is 6.61 Å². The first-order valence-electron chi connectivity index (χ1n) is 10.2. The van der Waals surface area contributed by atoms with E-state index in [1.165, 1.54) is 45.5 Å². The molecule has 2 atom stereocenters. The lowest BCUT2D eigenvalue weighted by Gasteiger charge is -2.22. The molecule has 2 aromatic carbocycles. The molecule has 4 rings (SSSR count). The zero-order valence-electron chi connectivity index (χ0n) is 17.9. The van der Waals surface area contributed by atoms with Gasteiger partial charge >= 0.3 is 6.18 Å². The molecular weight excluding hydrogens is 478 g/mol. The van der Waals surface area contributed by atoms with Crippen LogP contribution in [0.4, 0.5) is 23.2 Å². The molecule has 2 unspecified atom stereocenters. The smallest absolute Gasteiger partial charge is 0.422 e. The summed E-state index contributed by atoms with van der Waals surface area (Å²) in [5.41, 5.74) is 1.16. The summed E-state index contributed by atoms with van der Waals surface area (Å²) in [6.45, 7) is -1.29. The van der Waals surface area contributed by atoms with Crippen LogP contribution in [0.2, 0.25) is 0 Å². The van der Waals surface area contributed by atoms with Crippen LogP contribution >= 0.6 is 0 Å². The predicted octanol–water partition coefficient (Wildman–Crippen LogP) is 3.16. The molecule has 0 spiro atoms. The Morgan fingerprint density at radius 3 is 2.53 bits per heavy atom. The largest absolute Gasteiger partial charge is 0.484 e. The topological polar surface area (TPSA) is 89.4 Å².